The van der Waals surface area contributed by atoms with E-state index in [-0.39, 0.29) is 0 Å². The number of allylic oxidation sites excluding steroid dienone is 2. The van der Waals surface area contributed by atoms with Crippen molar-refractivity contribution in [1.82, 2.24) is 0 Å². The van der Waals surface area contributed by atoms with Crippen LogP contribution in [0.5, 0.6) is 0 Å². The number of aliphatic imine (C=N–C) groups is 1. The third-order valence-electron chi connectivity index (χ3n) is 2.09. The van der Waals surface area contributed by atoms with Gasteiger partial charge in [0.05, 0.1) is 16.8 Å². The standard InChI is InChI=1S/C9H11NS/c1-6-3-7(2)9-8(4-6)10-5-11-9/h3-5,8-9H,1-2H3. The first-order valence-corrected chi connectivity index (χ1v) is 4.75. The van der Waals surface area contributed by atoms with Crippen LogP contribution in [0.25, 0.3) is 0 Å². The molecule has 11 heavy (non-hydrogen) atoms. The van der Waals surface area contributed by atoms with Crippen molar-refractivity contribution in [3.8, 4) is 0 Å². The molecule has 1 heterocycles. The molecule has 0 aromatic heterocycles. The zero-order chi connectivity index (χ0) is 7.84. The number of fused-ring (bicyclic) bond motifs is 1. The van der Waals surface area contributed by atoms with Crippen LogP contribution >= 0.6 is 11.8 Å². The summed E-state index contributed by atoms with van der Waals surface area (Å²) in [6, 6.07) is 0.421. The van der Waals surface area contributed by atoms with Gasteiger partial charge in [-0.1, -0.05) is 23.3 Å². The lowest BCUT2D eigenvalue weighted by Gasteiger charge is -2.19. The molecule has 2 unspecified atom stereocenters. The van der Waals surface area contributed by atoms with E-state index < -0.39 is 0 Å². The van der Waals surface area contributed by atoms with Gasteiger partial charge < -0.3 is 0 Å². The van der Waals surface area contributed by atoms with E-state index in [2.05, 4.69) is 31.0 Å². The molecule has 2 atom stereocenters. The summed E-state index contributed by atoms with van der Waals surface area (Å²) in [6.45, 7) is 4.33. The number of nitrogens with zero attached hydrogens (tertiary/aromatic N) is 1. The average molecular weight is 165 g/mol. The first-order valence-electron chi connectivity index (χ1n) is 3.81. The second-order valence-corrected chi connectivity index (χ2v) is 4.09. The maximum absolute atomic E-state index is 4.38. The second-order valence-electron chi connectivity index (χ2n) is 3.10. The zero-order valence-electron chi connectivity index (χ0n) is 6.74. The maximum atomic E-state index is 4.38. The van der Waals surface area contributed by atoms with Crippen LogP contribution in [0, 0.1) is 0 Å². The molecule has 2 aliphatic rings. The molecule has 0 amide bonds. The molecule has 0 radical (unpaired) electrons. The first-order chi connectivity index (χ1) is 5.27. The molecule has 58 valence electrons. The average Bonchev–Trinajstić information content (AvgIpc) is 2.34. The predicted molar refractivity (Wildman–Crippen MR) is 51.2 cm³/mol. The number of rotatable bonds is 0. The molecule has 0 N–H and O–H groups in total. The lowest BCUT2D eigenvalue weighted by Crippen LogP contribution is -2.19. The van der Waals surface area contributed by atoms with Gasteiger partial charge in [-0.05, 0) is 13.8 Å². The molecule has 0 saturated heterocycles. The predicted octanol–water partition coefficient (Wildman–Crippen LogP) is 2.40. The summed E-state index contributed by atoms with van der Waals surface area (Å²) in [5.41, 5.74) is 4.78. The highest BCUT2D eigenvalue weighted by molar-refractivity contribution is 8.13. The molecule has 2 rings (SSSR count). The fourth-order valence-corrected chi connectivity index (χ4v) is 2.53. The molecule has 0 fully saturated rings. The Balaban J connectivity index is 2.33. The summed E-state index contributed by atoms with van der Waals surface area (Å²) in [6.07, 6.45) is 4.50. The smallest absolute Gasteiger partial charge is 0.0851 e. The Hall–Kier alpha value is -0.500. The fraction of sp³-hybridized carbons (Fsp3) is 0.444. The van der Waals surface area contributed by atoms with E-state index in [9.17, 15) is 0 Å². The van der Waals surface area contributed by atoms with Gasteiger partial charge in [0.1, 0.15) is 0 Å². The minimum absolute atomic E-state index is 0.421. The Bertz CT molecular complexity index is 263. The van der Waals surface area contributed by atoms with Crippen LogP contribution in [0.4, 0.5) is 0 Å². The number of hydrogen-bond donors (Lipinski definition) is 0. The molecule has 2 heteroatoms. The summed E-state index contributed by atoms with van der Waals surface area (Å²) in [5, 5.41) is 0.596. The maximum Gasteiger partial charge on any atom is 0.0851 e. The highest BCUT2D eigenvalue weighted by Gasteiger charge is 2.26. The van der Waals surface area contributed by atoms with Crippen LogP contribution in [0.3, 0.4) is 0 Å². The van der Waals surface area contributed by atoms with Gasteiger partial charge in [0.25, 0.3) is 0 Å². The van der Waals surface area contributed by atoms with E-state index in [1.807, 2.05) is 17.3 Å². The molecule has 0 bridgehead atoms. The Kier molecular flexibility index (Phi) is 1.64. The van der Waals surface area contributed by atoms with E-state index in [0.717, 1.165) is 0 Å². The van der Waals surface area contributed by atoms with Crippen molar-refractivity contribution in [2.24, 2.45) is 4.99 Å². The van der Waals surface area contributed by atoms with Gasteiger partial charge in [0.15, 0.2) is 0 Å². The third-order valence-corrected chi connectivity index (χ3v) is 3.28. The van der Waals surface area contributed by atoms with E-state index in [1.54, 1.807) is 0 Å². The Labute approximate surface area is 71.3 Å². The van der Waals surface area contributed by atoms with E-state index in [0.29, 0.717) is 11.3 Å². The molecule has 1 nitrogen and oxygen atoms in total. The minimum Gasteiger partial charge on any atom is -0.277 e. The van der Waals surface area contributed by atoms with Crippen molar-refractivity contribution in [2.45, 2.75) is 25.1 Å². The van der Waals surface area contributed by atoms with Gasteiger partial charge in [0, 0.05) is 0 Å². The van der Waals surface area contributed by atoms with E-state index >= 15 is 0 Å². The van der Waals surface area contributed by atoms with E-state index in [4.69, 9.17) is 0 Å². The van der Waals surface area contributed by atoms with Gasteiger partial charge in [-0.15, -0.1) is 11.8 Å². The Morgan fingerprint density at radius 3 is 3.09 bits per heavy atom. The van der Waals surface area contributed by atoms with Crippen molar-refractivity contribution in [3.63, 3.8) is 0 Å². The van der Waals surface area contributed by atoms with Gasteiger partial charge >= 0.3 is 0 Å². The normalized spacial score (nSPS) is 34.7. The molecular formula is C9H11NS. The van der Waals surface area contributed by atoms with Gasteiger partial charge in [-0.25, -0.2) is 0 Å². The van der Waals surface area contributed by atoms with Crippen LogP contribution in [0.15, 0.2) is 28.3 Å². The van der Waals surface area contributed by atoms with Crippen LogP contribution in [-0.4, -0.2) is 16.8 Å². The van der Waals surface area contributed by atoms with Crippen LogP contribution in [0.1, 0.15) is 13.8 Å². The monoisotopic (exact) mass is 165 g/mol. The molecule has 0 saturated carbocycles. The van der Waals surface area contributed by atoms with Gasteiger partial charge in [0.2, 0.25) is 0 Å². The molecule has 0 aromatic rings. The van der Waals surface area contributed by atoms with Crippen LogP contribution in [0.2, 0.25) is 0 Å². The third kappa shape index (κ3) is 1.16. The lowest BCUT2D eigenvalue weighted by molar-refractivity contribution is 0.818. The van der Waals surface area contributed by atoms with Crippen LogP contribution < -0.4 is 0 Å². The van der Waals surface area contributed by atoms with Crippen molar-refractivity contribution >= 4 is 17.3 Å². The zero-order valence-corrected chi connectivity index (χ0v) is 7.56. The summed E-state index contributed by atoms with van der Waals surface area (Å²) in [7, 11) is 0. The molecule has 0 spiro atoms. The van der Waals surface area contributed by atoms with Crippen molar-refractivity contribution in [3.05, 3.63) is 23.3 Å². The van der Waals surface area contributed by atoms with Crippen molar-refractivity contribution < 1.29 is 0 Å². The van der Waals surface area contributed by atoms with Crippen molar-refractivity contribution in [1.29, 1.82) is 0 Å². The minimum atomic E-state index is 0.421. The summed E-state index contributed by atoms with van der Waals surface area (Å²) in [5.74, 6) is 0. The van der Waals surface area contributed by atoms with E-state index in [1.165, 1.54) is 11.1 Å². The summed E-state index contributed by atoms with van der Waals surface area (Å²) >= 11 is 1.83. The van der Waals surface area contributed by atoms with Gasteiger partial charge in [-0.2, -0.15) is 0 Å². The largest absolute Gasteiger partial charge is 0.277 e. The molecular weight excluding hydrogens is 154 g/mol. The molecule has 1 aliphatic carbocycles. The summed E-state index contributed by atoms with van der Waals surface area (Å²) in [4.78, 5) is 4.38. The fourth-order valence-electron chi connectivity index (χ4n) is 1.60. The van der Waals surface area contributed by atoms with Crippen molar-refractivity contribution in [2.75, 3.05) is 0 Å². The first kappa shape index (κ1) is 7.17. The molecule has 1 aliphatic heterocycles. The van der Waals surface area contributed by atoms with Crippen LogP contribution in [-0.2, 0) is 0 Å². The quantitative estimate of drug-likeness (QED) is 0.537. The highest BCUT2D eigenvalue weighted by atomic mass is 32.2. The summed E-state index contributed by atoms with van der Waals surface area (Å²) < 4.78 is 0. The van der Waals surface area contributed by atoms with Gasteiger partial charge in [-0.3, -0.25) is 4.99 Å². The Morgan fingerprint density at radius 1 is 1.45 bits per heavy atom. The topological polar surface area (TPSA) is 12.4 Å². The lowest BCUT2D eigenvalue weighted by atomic mass is 9.97. The second kappa shape index (κ2) is 2.52. The number of hydrogen-bond acceptors (Lipinski definition) is 2. The Morgan fingerprint density at radius 2 is 2.27 bits per heavy atom. The molecule has 0 aromatic carbocycles. The highest BCUT2D eigenvalue weighted by Crippen LogP contribution is 2.33. The number of thioether (sulfide) groups is 1. The SMILES string of the molecule is CC1=CC2N=CSC2C(C)=C1.